The number of halogens is 1. The summed E-state index contributed by atoms with van der Waals surface area (Å²) in [5.74, 6) is 2.66. The van der Waals surface area contributed by atoms with Crippen LogP contribution in [0.1, 0.15) is 39.1 Å². The highest BCUT2D eigenvalue weighted by Gasteiger charge is 2.17. The Bertz CT molecular complexity index is 769. The van der Waals surface area contributed by atoms with Crippen LogP contribution >= 0.6 is 23.4 Å². The van der Waals surface area contributed by atoms with Crippen LogP contribution in [-0.4, -0.2) is 44.8 Å². The van der Waals surface area contributed by atoms with Gasteiger partial charge in [0.15, 0.2) is 5.82 Å². The smallest absolute Gasteiger partial charge is 0.233 e. The molecule has 6 nitrogen and oxygen atoms in total. The minimum absolute atomic E-state index is 0.117. The number of benzene rings is 1. The van der Waals surface area contributed by atoms with Gasteiger partial charge in [-0.15, -0.1) is 5.10 Å². The molecule has 0 saturated heterocycles. The van der Waals surface area contributed by atoms with E-state index in [1.54, 1.807) is 6.07 Å². The zero-order valence-electron chi connectivity index (χ0n) is 17.2. The van der Waals surface area contributed by atoms with Crippen molar-refractivity contribution in [3.8, 4) is 5.75 Å². The van der Waals surface area contributed by atoms with E-state index in [9.17, 15) is 4.79 Å². The van der Waals surface area contributed by atoms with Crippen LogP contribution < -0.4 is 4.74 Å². The molecule has 28 heavy (non-hydrogen) atoms. The average Bonchev–Trinajstić information content (AvgIpc) is 3.07. The van der Waals surface area contributed by atoms with E-state index < -0.39 is 0 Å². The van der Waals surface area contributed by atoms with E-state index in [2.05, 4.69) is 42.9 Å². The van der Waals surface area contributed by atoms with Gasteiger partial charge in [0.2, 0.25) is 11.1 Å². The molecule has 0 spiro atoms. The molecule has 0 fully saturated rings. The van der Waals surface area contributed by atoms with Crippen LogP contribution in [0.25, 0.3) is 0 Å². The Morgan fingerprint density at radius 1 is 1.25 bits per heavy atom. The van der Waals surface area contributed by atoms with Crippen molar-refractivity contribution in [3.05, 3.63) is 34.6 Å². The number of nitrogens with zero attached hydrogens (tertiary/aromatic N) is 3. The second-order valence-electron chi connectivity index (χ2n) is 7.64. The van der Waals surface area contributed by atoms with Gasteiger partial charge in [0.1, 0.15) is 12.4 Å². The summed E-state index contributed by atoms with van der Waals surface area (Å²) in [5, 5.41) is 8.29. The fourth-order valence-corrected chi connectivity index (χ4v) is 3.48. The van der Waals surface area contributed by atoms with Gasteiger partial charge in [0.25, 0.3) is 0 Å². The average molecular weight is 425 g/mol. The summed E-state index contributed by atoms with van der Waals surface area (Å²) in [6.07, 6.45) is 0. The van der Waals surface area contributed by atoms with Crippen LogP contribution in [0.2, 0.25) is 5.02 Å². The topological polar surface area (TPSA) is 71.1 Å². The van der Waals surface area contributed by atoms with Crippen LogP contribution in [0.3, 0.4) is 0 Å². The zero-order chi connectivity index (χ0) is 20.7. The number of ether oxygens (including phenoxy) is 1. The first-order valence-electron chi connectivity index (χ1n) is 9.45. The van der Waals surface area contributed by atoms with Crippen molar-refractivity contribution < 1.29 is 9.53 Å². The second kappa shape index (κ2) is 10.7. The Hall–Kier alpha value is -1.73. The quantitative estimate of drug-likeness (QED) is 0.565. The molecule has 1 aromatic heterocycles. The van der Waals surface area contributed by atoms with Crippen molar-refractivity contribution in [2.45, 2.75) is 46.4 Å². The molecule has 0 aliphatic rings. The molecule has 2 rings (SSSR count). The molecule has 1 aromatic carbocycles. The molecule has 0 radical (unpaired) electrons. The monoisotopic (exact) mass is 424 g/mol. The number of hydrogen-bond acceptors (Lipinski definition) is 5. The van der Waals surface area contributed by atoms with Gasteiger partial charge < -0.3 is 9.64 Å². The Morgan fingerprint density at radius 2 is 1.93 bits per heavy atom. The van der Waals surface area contributed by atoms with Crippen LogP contribution in [0.15, 0.2) is 23.4 Å². The third-order valence-electron chi connectivity index (χ3n) is 3.86. The van der Waals surface area contributed by atoms with Crippen molar-refractivity contribution in [2.75, 3.05) is 18.8 Å². The van der Waals surface area contributed by atoms with Crippen LogP contribution in [0.4, 0.5) is 0 Å². The summed E-state index contributed by atoms with van der Waals surface area (Å²) < 4.78 is 5.72. The SMILES string of the molecule is Cc1cc(OCc2nc(SCC(=O)N(CC(C)C)CC(C)C)n[nH]2)ccc1Cl. The Labute approximate surface area is 176 Å². The highest BCUT2D eigenvalue weighted by molar-refractivity contribution is 7.99. The lowest BCUT2D eigenvalue weighted by Crippen LogP contribution is -2.38. The molecule has 2 aromatic rings. The number of H-pyrrole nitrogens is 1. The highest BCUT2D eigenvalue weighted by atomic mass is 35.5. The molecular formula is C20H29ClN4O2S. The molecule has 1 heterocycles. The van der Waals surface area contributed by atoms with Crippen molar-refractivity contribution in [3.63, 3.8) is 0 Å². The molecule has 8 heteroatoms. The van der Waals surface area contributed by atoms with Gasteiger partial charge in [-0.2, -0.15) is 0 Å². The van der Waals surface area contributed by atoms with Crippen molar-refractivity contribution >= 4 is 29.3 Å². The molecule has 0 saturated carbocycles. The lowest BCUT2D eigenvalue weighted by molar-refractivity contribution is -0.129. The summed E-state index contributed by atoms with van der Waals surface area (Å²) in [7, 11) is 0. The second-order valence-corrected chi connectivity index (χ2v) is 8.99. The van der Waals surface area contributed by atoms with Crippen LogP contribution in [-0.2, 0) is 11.4 Å². The number of aromatic nitrogens is 3. The Balaban J connectivity index is 1.85. The first kappa shape index (κ1) is 22.6. The van der Waals surface area contributed by atoms with E-state index in [0.717, 1.165) is 24.4 Å². The van der Waals surface area contributed by atoms with Crippen LogP contribution in [0.5, 0.6) is 5.75 Å². The molecule has 0 bridgehead atoms. The minimum atomic E-state index is 0.117. The van der Waals surface area contributed by atoms with Gasteiger partial charge >= 0.3 is 0 Å². The van der Waals surface area contributed by atoms with E-state index in [-0.39, 0.29) is 12.5 Å². The number of aryl methyl sites for hydroxylation is 1. The van der Waals surface area contributed by atoms with Gasteiger partial charge in [0.05, 0.1) is 5.75 Å². The van der Waals surface area contributed by atoms with Crippen molar-refractivity contribution in [1.82, 2.24) is 20.1 Å². The van der Waals surface area contributed by atoms with E-state index in [0.29, 0.717) is 33.6 Å². The van der Waals surface area contributed by atoms with Crippen molar-refractivity contribution in [2.24, 2.45) is 11.8 Å². The molecule has 154 valence electrons. The maximum absolute atomic E-state index is 12.6. The van der Waals surface area contributed by atoms with Crippen LogP contribution in [0, 0.1) is 18.8 Å². The third kappa shape index (κ3) is 7.36. The number of carbonyl (C=O) groups excluding carboxylic acids is 1. The summed E-state index contributed by atoms with van der Waals surface area (Å²) >= 11 is 7.36. The number of aromatic amines is 1. The van der Waals surface area contributed by atoms with Gasteiger partial charge in [-0.25, -0.2) is 4.98 Å². The van der Waals surface area contributed by atoms with Gasteiger partial charge in [0, 0.05) is 18.1 Å². The van der Waals surface area contributed by atoms with E-state index in [1.807, 2.05) is 24.0 Å². The van der Waals surface area contributed by atoms with Gasteiger partial charge in [-0.05, 0) is 42.5 Å². The summed E-state index contributed by atoms with van der Waals surface area (Å²) in [6.45, 7) is 12.2. The molecule has 1 amide bonds. The molecule has 1 N–H and O–H groups in total. The van der Waals surface area contributed by atoms with Crippen molar-refractivity contribution in [1.29, 1.82) is 0 Å². The molecule has 0 atom stereocenters. The van der Waals surface area contributed by atoms with E-state index in [4.69, 9.17) is 16.3 Å². The number of rotatable bonds is 10. The fourth-order valence-electron chi connectivity index (χ4n) is 2.64. The highest BCUT2D eigenvalue weighted by Crippen LogP contribution is 2.22. The van der Waals surface area contributed by atoms with Gasteiger partial charge in [-0.3, -0.25) is 9.89 Å². The first-order chi connectivity index (χ1) is 13.2. The third-order valence-corrected chi connectivity index (χ3v) is 5.12. The largest absolute Gasteiger partial charge is 0.486 e. The number of thioether (sulfide) groups is 1. The molecule has 0 aliphatic heterocycles. The number of carbonyl (C=O) groups is 1. The lowest BCUT2D eigenvalue weighted by atomic mass is 10.1. The fraction of sp³-hybridized carbons (Fsp3) is 0.550. The summed E-state index contributed by atoms with van der Waals surface area (Å²) in [5.41, 5.74) is 0.957. The number of amides is 1. The number of nitrogens with one attached hydrogen (secondary N) is 1. The van der Waals surface area contributed by atoms with E-state index >= 15 is 0 Å². The normalized spacial score (nSPS) is 11.3. The summed E-state index contributed by atoms with van der Waals surface area (Å²) in [4.78, 5) is 18.9. The maximum Gasteiger partial charge on any atom is 0.233 e. The summed E-state index contributed by atoms with van der Waals surface area (Å²) in [6, 6.07) is 5.50. The molecule has 0 aliphatic carbocycles. The van der Waals surface area contributed by atoms with Gasteiger partial charge in [-0.1, -0.05) is 51.1 Å². The predicted molar refractivity (Wildman–Crippen MR) is 114 cm³/mol. The standard InChI is InChI=1S/C20H29ClN4O2S/c1-13(2)9-25(10-14(3)4)19(26)12-28-20-22-18(23-24-20)11-27-16-6-7-17(21)15(5)8-16/h6-8,13-14H,9-12H2,1-5H3,(H,22,23,24). The lowest BCUT2D eigenvalue weighted by Gasteiger charge is -2.26. The zero-order valence-corrected chi connectivity index (χ0v) is 18.7. The van der Waals surface area contributed by atoms with E-state index in [1.165, 1.54) is 11.8 Å². The predicted octanol–water partition coefficient (Wildman–Crippen LogP) is 4.58. The minimum Gasteiger partial charge on any atom is -0.486 e. The Kier molecular flexibility index (Phi) is 8.63. The molecular weight excluding hydrogens is 396 g/mol. The number of hydrogen-bond donors (Lipinski definition) is 1. The first-order valence-corrected chi connectivity index (χ1v) is 10.8. The maximum atomic E-state index is 12.6. The Morgan fingerprint density at radius 3 is 2.54 bits per heavy atom. The molecule has 0 unspecified atom stereocenters.